The van der Waals surface area contributed by atoms with E-state index in [1.165, 1.54) is 24.8 Å². The zero-order valence-electron chi connectivity index (χ0n) is 17.3. The van der Waals surface area contributed by atoms with Crippen molar-refractivity contribution in [1.29, 1.82) is 0 Å². The average Bonchev–Trinajstić information content (AvgIpc) is 3.05. The molecule has 1 aromatic carbocycles. The highest BCUT2D eigenvalue weighted by molar-refractivity contribution is 7.90. The summed E-state index contributed by atoms with van der Waals surface area (Å²) in [6.45, 7) is 11.6. The minimum Gasteiger partial charge on any atom is -0.354 e. The summed E-state index contributed by atoms with van der Waals surface area (Å²) in [6, 6.07) is 5.34. The minimum absolute atomic E-state index is 0.0586. The number of sulfonamides is 1. The Balaban J connectivity index is 1.98. The van der Waals surface area contributed by atoms with Crippen molar-refractivity contribution in [3.05, 3.63) is 54.3 Å². The fraction of sp³-hybridized carbons (Fsp3) is 0.435. The number of rotatable bonds is 7. The monoisotopic (exact) mass is 414 g/mol. The van der Waals surface area contributed by atoms with Crippen LogP contribution in [0.15, 0.2) is 37.4 Å². The first kappa shape index (κ1) is 21.4. The first-order chi connectivity index (χ1) is 13.7. The highest BCUT2D eigenvalue weighted by Crippen LogP contribution is 2.40. The topological polar surface area (TPSA) is 79.0 Å². The van der Waals surface area contributed by atoms with Crippen molar-refractivity contribution in [3.63, 3.8) is 0 Å². The molecule has 2 aromatic rings. The van der Waals surface area contributed by atoms with Crippen LogP contribution in [-0.4, -0.2) is 25.1 Å². The number of H-pyrrole nitrogens is 1. The van der Waals surface area contributed by atoms with Crippen LogP contribution in [0, 0.1) is 5.92 Å². The maximum atomic E-state index is 12.5. The fourth-order valence-corrected chi connectivity index (χ4v) is 5.57. The van der Waals surface area contributed by atoms with Gasteiger partial charge in [0.05, 0.1) is 5.75 Å². The van der Waals surface area contributed by atoms with Crippen molar-refractivity contribution in [2.75, 3.05) is 5.75 Å². The molecule has 0 atom stereocenters. The van der Waals surface area contributed by atoms with Crippen LogP contribution in [-0.2, 0) is 10.0 Å². The fourth-order valence-electron chi connectivity index (χ4n) is 4.21. The molecule has 0 unspecified atom stereocenters. The van der Waals surface area contributed by atoms with Crippen molar-refractivity contribution < 1.29 is 13.2 Å². The summed E-state index contributed by atoms with van der Waals surface area (Å²) < 4.78 is 26.4. The Bertz CT molecular complexity index is 1040. The molecule has 0 radical (unpaired) electrons. The summed E-state index contributed by atoms with van der Waals surface area (Å²) in [5.74, 6) is -0.295. The van der Waals surface area contributed by atoms with E-state index in [0.29, 0.717) is 11.5 Å². The SMILES string of the molecule is C=CC(=C)c1[nH]c2cc(C(=O)NS(=O)(=O)CC(C)C)ccc2c1C1CCCCC1. The van der Waals surface area contributed by atoms with E-state index >= 15 is 0 Å². The number of hydrogen-bond donors (Lipinski definition) is 2. The first-order valence-corrected chi connectivity index (χ1v) is 11.9. The lowest BCUT2D eigenvalue weighted by Gasteiger charge is -2.23. The van der Waals surface area contributed by atoms with Gasteiger partial charge in [0.1, 0.15) is 0 Å². The third-order valence-corrected chi connectivity index (χ3v) is 7.08. The number of aromatic nitrogens is 1. The van der Waals surface area contributed by atoms with Crippen LogP contribution in [0.25, 0.3) is 16.5 Å². The van der Waals surface area contributed by atoms with Gasteiger partial charge >= 0.3 is 0 Å². The van der Waals surface area contributed by atoms with Gasteiger partial charge in [-0.2, -0.15) is 0 Å². The molecule has 0 spiro atoms. The Morgan fingerprint density at radius 2 is 1.97 bits per heavy atom. The summed E-state index contributed by atoms with van der Waals surface area (Å²) in [4.78, 5) is 15.9. The summed E-state index contributed by atoms with van der Waals surface area (Å²) in [7, 11) is -3.66. The van der Waals surface area contributed by atoms with E-state index in [-0.39, 0.29) is 11.7 Å². The lowest BCUT2D eigenvalue weighted by atomic mass is 9.82. The van der Waals surface area contributed by atoms with Gasteiger partial charge in [0, 0.05) is 22.2 Å². The molecule has 2 N–H and O–H groups in total. The molecule has 0 aliphatic heterocycles. The zero-order valence-corrected chi connectivity index (χ0v) is 18.1. The van der Waals surface area contributed by atoms with Crippen LogP contribution >= 0.6 is 0 Å². The number of fused-ring (bicyclic) bond motifs is 1. The van der Waals surface area contributed by atoms with Gasteiger partial charge in [-0.05, 0) is 47.9 Å². The smallest absolute Gasteiger partial charge is 0.264 e. The Morgan fingerprint density at radius 3 is 2.59 bits per heavy atom. The van der Waals surface area contributed by atoms with E-state index < -0.39 is 15.9 Å². The van der Waals surface area contributed by atoms with Gasteiger partial charge in [0.15, 0.2) is 0 Å². The number of nitrogens with one attached hydrogen (secondary N) is 2. The van der Waals surface area contributed by atoms with Crippen molar-refractivity contribution in [1.82, 2.24) is 9.71 Å². The Kier molecular flexibility index (Phi) is 6.32. The van der Waals surface area contributed by atoms with E-state index in [1.54, 1.807) is 32.1 Å². The van der Waals surface area contributed by atoms with E-state index in [9.17, 15) is 13.2 Å². The predicted molar refractivity (Wildman–Crippen MR) is 119 cm³/mol. The lowest BCUT2D eigenvalue weighted by Crippen LogP contribution is -2.33. The Labute approximate surface area is 173 Å². The van der Waals surface area contributed by atoms with E-state index in [0.717, 1.165) is 35.0 Å². The summed E-state index contributed by atoms with van der Waals surface area (Å²) in [5.41, 5.74) is 4.16. The van der Waals surface area contributed by atoms with Crippen molar-refractivity contribution >= 4 is 32.4 Å². The van der Waals surface area contributed by atoms with Crippen LogP contribution in [0.4, 0.5) is 0 Å². The van der Waals surface area contributed by atoms with Gasteiger partial charge in [-0.3, -0.25) is 4.79 Å². The highest BCUT2D eigenvalue weighted by Gasteiger charge is 2.24. The van der Waals surface area contributed by atoms with Gasteiger partial charge in [-0.15, -0.1) is 0 Å². The highest BCUT2D eigenvalue weighted by atomic mass is 32.2. The molecule has 29 heavy (non-hydrogen) atoms. The quantitative estimate of drug-likeness (QED) is 0.616. The number of carbonyl (C=O) groups excluding carboxylic acids is 1. The molecule has 1 aliphatic carbocycles. The third-order valence-electron chi connectivity index (χ3n) is 5.48. The summed E-state index contributed by atoms with van der Waals surface area (Å²) in [6.07, 6.45) is 7.71. The molecular formula is C23H30N2O3S. The molecule has 1 heterocycles. The van der Waals surface area contributed by atoms with Crippen molar-refractivity contribution in [3.8, 4) is 0 Å². The number of benzene rings is 1. The molecule has 6 heteroatoms. The molecule has 5 nitrogen and oxygen atoms in total. The maximum absolute atomic E-state index is 12.5. The van der Waals surface area contributed by atoms with E-state index in [2.05, 4.69) is 22.9 Å². The number of amides is 1. The normalized spacial score (nSPS) is 15.6. The van der Waals surface area contributed by atoms with Crippen molar-refractivity contribution in [2.24, 2.45) is 5.92 Å². The van der Waals surface area contributed by atoms with Gasteiger partial charge in [-0.1, -0.05) is 58.4 Å². The van der Waals surface area contributed by atoms with Gasteiger partial charge < -0.3 is 4.98 Å². The zero-order chi connectivity index (χ0) is 21.2. The number of allylic oxidation sites excluding steroid dienone is 2. The van der Waals surface area contributed by atoms with Crippen LogP contribution in [0.3, 0.4) is 0 Å². The maximum Gasteiger partial charge on any atom is 0.264 e. The van der Waals surface area contributed by atoms with E-state index in [4.69, 9.17) is 0 Å². The Morgan fingerprint density at radius 1 is 1.28 bits per heavy atom. The molecule has 1 aromatic heterocycles. The van der Waals surface area contributed by atoms with Gasteiger partial charge in [0.25, 0.3) is 5.91 Å². The van der Waals surface area contributed by atoms with Gasteiger partial charge in [-0.25, -0.2) is 13.1 Å². The van der Waals surface area contributed by atoms with Crippen LogP contribution in [0.5, 0.6) is 0 Å². The number of carbonyl (C=O) groups is 1. The van der Waals surface area contributed by atoms with Gasteiger partial charge in [0.2, 0.25) is 10.0 Å². The molecule has 1 saturated carbocycles. The second-order valence-corrected chi connectivity index (χ2v) is 10.1. The minimum atomic E-state index is -3.66. The number of hydrogen-bond acceptors (Lipinski definition) is 3. The molecule has 0 bridgehead atoms. The number of aromatic amines is 1. The predicted octanol–water partition coefficient (Wildman–Crippen LogP) is 5.13. The second kappa shape index (κ2) is 8.57. The molecule has 1 fully saturated rings. The average molecular weight is 415 g/mol. The molecular weight excluding hydrogens is 384 g/mol. The third kappa shape index (κ3) is 4.81. The first-order valence-electron chi connectivity index (χ1n) is 10.2. The molecule has 1 amide bonds. The largest absolute Gasteiger partial charge is 0.354 e. The summed E-state index contributed by atoms with van der Waals surface area (Å²) >= 11 is 0. The molecule has 0 saturated heterocycles. The van der Waals surface area contributed by atoms with Crippen LogP contribution in [0.2, 0.25) is 0 Å². The summed E-state index contributed by atoms with van der Waals surface area (Å²) in [5, 5.41) is 1.07. The van der Waals surface area contributed by atoms with Crippen molar-refractivity contribution in [2.45, 2.75) is 51.9 Å². The molecule has 3 rings (SSSR count). The lowest BCUT2D eigenvalue weighted by molar-refractivity contribution is 0.0981. The van der Waals surface area contributed by atoms with Crippen LogP contribution < -0.4 is 4.72 Å². The molecule has 156 valence electrons. The van der Waals surface area contributed by atoms with Crippen LogP contribution in [0.1, 0.15) is 73.5 Å². The second-order valence-electron chi connectivity index (χ2n) is 8.34. The Hall–Kier alpha value is -2.34. The standard InChI is InChI=1S/C23H30N2O3S/c1-5-16(4)22-21(17-9-7-6-8-10-17)19-12-11-18(13-20(19)24-22)23(26)25-29(27,28)14-15(2)3/h5,11-13,15,17,24H,1,4,6-10,14H2,2-3H3,(H,25,26). The van der Waals surface area contributed by atoms with E-state index in [1.807, 2.05) is 6.07 Å². The molecule has 1 aliphatic rings.